The summed E-state index contributed by atoms with van der Waals surface area (Å²) in [7, 11) is 0. The Kier molecular flexibility index (Phi) is 6.89. The fraction of sp³-hybridized carbons (Fsp3) is 0.750. The highest BCUT2D eigenvalue weighted by Gasteiger charge is 2.28. The number of aliphatic carboxylic acids is 2. The van der Waals surface area contributed by atoms with Crippen LogP contribution in [0.15, 0.2) is 0 Å². The maximum Gasteiger partial charge on any atom is 0.323 e. The number of ether oxygens (including phenoxy) is 1. The lowest BCUT2D eigenvalue weighted by molar-refractivity contribution is -0.140. The predicted octanol–water partition coefficient (Wildman–Crippen LogP) is -0.949. The molecule has 120 valence electrons. The maximum atomic E-state index is 12.1. The van der Waals surface area contributed by atoms with Crippen LogP contribution in [0, 0.1) is 0 Å². The summed E-state index contributed by atoms with van der Waals surface area (Å²) in [5.74, 6) is -2.52. The lowest BCUT2D eigenvalue weighted by Crippen LogP contribution is -2.50. The molecule has 1 rings (SSSR count). The van der Waals surface area contributed by atoms with E-state index in [4.69, 9.17) is 20.1 Å². The van der Waals surface area contributed by atoms with Gasteiger partial charge in [0.05, 0.1) is 19.3 Å². The summed E-state index contributed by atoms with van der Waals surface area (Å²) in [5.41, 5.74) is 0. The Morgan fingerprint density at radius 1 is 1.10 bits per heavy atom. The molecule has 1 fully saturated rings. The molecule has 1 saturated heterocycles. The summed E-state index contributed by atoms with van der Waals surface area (Å²) in [4.78, 5) is 35.7. The van der Waals surface area contributed by atoms with Crippen LogP contribution in [0.2, 0.25) is 0 Å². The van der Waals surface area contributed by atoms with Crippen molar-refractivity contribution in [3.8, 4) is 0 Å². The van der Waals surface area contributed by atoms with Gasteiger partial charge in [0.15, 0.2) is 0 Å². The fourth-order valence-corrected chi connectivity index (χ4v) is 2.15. The van der Waals surface area contributed by atoms with Crippen molar-refractivity contribution in [1.82, 2.24) is 9.80 Å². The molecule has 0 aromatic carbocycles. The number of carbonyl (C=O) groups is 3. The van der Waals surface area contributed by atoms with E-state index in [2.05, 4.69) is 0 Å². The van der Waals surface area contributed by atoms with Crippen LogP contribution in [0.5, 0.6) is 0 Å². The molecular weight excluding hydrogens is 284 g/mol. The zero-order valence-corrected chi connectivity index (χ0v) is 11.6. The molecule has 1 heterocycles. The Morgan fingerprint density at radius 2 is 1.62 bits per heavy atom. The van der Waals surface area contributed by atoms with Gasteiger partial charge in [-0.1, -0.05) is 0 Å². The summed E-state index contributed by atoms with van der Waals surface area (Å²) < 4.78 is 5.36. The number of nitrogens with zero attached hydrogens (tertiary/aromatic N) is 2. The summed E-state index contributed by atoms with van der Waals surface area (Å²) in [6, 6.07) is -0.597. The number of likely N-dealkylation sites (tertiary alicyclic amines) is 1. The molecule has 3 N–H and O–H groups in total. The van der Waals surface area contributed by atoms with Gasteiger partial charge in [0.25, 0.3) is 0 Å². The van der Waals surface area contributed by atoms with Crippen molar-refractivity contribution >= 4 is 18.0 Å². The third-order valence-corrected chi connectivity index (χ3v) is 3.08. The summed E-state index contributed by atoms with van der Waals surface area (Å²) in [6.45, 7) is -0.388. The first-order chi connectivity index (χ1) is 9.93. The minimum Gasteiger partial charge on any atom is -0.480 e. The molecule has 0 aromatic heterocycles. The van der Waals surface area contributed by atoms with E-state index in [1.807, 2.05) is 0 Å². The van der Waals surface area contributed by atoms with Crippen molar-refractivity contribution < 1.29 is 34.4 Å². The fourth-order valence-electron chi connectivity index (χ4n) is 2.15. The van der Waals surface area contributed by atoms with Gasteiger partial charge < -0.3 is 29.9 Å². The van der Waals surface area contributed by atoms with Gasteiger partial charge >= 0.3 is 18.0 Å². The van der Waals surface area contributed by atoms with Crippen LogP contribution < -0.4 is 0 Å². The number of piperidine rings is 1. The molecule has 0 aromatic rings. The minimum atomic E-state index is -1.26. The SMILES string of the molecule is O=C(O)CN(CC(=O)O)C(=O)N1CCC(OCCO)CC1. The average Bonchev–Trinajstić information content (AvgIpc) is 2.43. The van der Waals surface area contributed by atoms with Crippen molar-refractivity contribution in [1.29, 1.82) is 0 Å². The number of hydrogen-bond acceptors (Lipinski definition) is 5. The van der Waals surface area contributed by atoms with Gasteiger partial charge in [-0.2, -0.15) is 0 Å². The number of carbonyl (C=O) groups excluding carboxylic acids is 1. The molecule has 0 spiro atoms. The lowest BCUT2D eigenvalue weighted by atomic mass is 10.1. The molecular formula is C12H20N2O7. The van der Waals surface area contributed by atoms with Crippen LogP contribution in [-0.2, 0) is 14.3 Å². The number of amides is 2. The third kappa shape index (κ3) is 5.96. The zero-order valence-electron chi connectivity index (χ0n) is 11.6. The molecule has 0 aliphatic carbocycles. The van der Waals surface area contributed by atoms with Crippen molar-refractivity contribution in [2.24, 2.45) is 0 Å². The monoisotopic (exact) mass is 304 g/mol. The van der Waals surface area contributed by atoms with E-state index in [1.165, 1.54) is 4.90 Å². The first-order valence-electron chi connectivity index (χ1n) is 6.64. The molecule has 0 radical (unpaired) electrons. The van der Waals surface area contributed by atoms with E-state index in [-0.39, 0.29) is 19.3 Å². The summed E-state index contributed by atoms with van der Waals surface area (Å²) in [5, 5.41) is 26.1. The number of carboxylic acids is 2. The molecule has 0 saturated carbocycles. The van der Waals surface area contributed by atoms with Gasteiger partial charge in [0, 0.05) is 13.1 Å². The highest BCUT2D eigenvalue weighted by atomic mass is 16.5. The Labute approximate surface area is 121 Å². The van der Waals surface area contributed by atoms with Crippen LogP contribution in [0.4, 0.5) is 4.79 Å². The van der Waals surface area contributed by atoms with Crippen LogP contribution in [0.25, 0.3) is 0 Å². The standard InChI is InChI=1S/C12H20N2O7/c15-5-6-21-9-1-3-13(4-2-9)12(20)14(7-10(16)17)8-11(18)19/h9,15H,1-8H2,(H,16,17)(H,18,19). The highest BCUT2D eigenvalue weighted by Crippen LogP contribution is 2.15. The molecule has 0 bridgehead atoms. The van der Waals surface area contributed by atoms with Crippen molar-refractivity contribution in [3.05, 3.63) is 0 Å². The van der Waals surface area contributed by atoms with Gasteiger partial charge in [-0.05, 0) is 12.8 Å². The molecule has 21 heavy (non-hydrogen) atoms. The second kappa shape index (κ2) is 8.42. The second-order valence-electron chi connectivity index (χ2n) is 4.71. The third-order valence-electron chi connectivity index (χ3n) is 3.08. The molecule has 1 aliphatic rings. The Balaban J connectivity index is 2.52. The minimum absolute atomic E-state index is 0.0476. The van der Waals surface area contributed by atoms with Crippen LogP contribution >= 0.6 is 0 Å². The van der Waals surface area contributed by atoms with Gasteiger partial charge in [-0.25, -0.2) is 4.79 Å². The molecule has 2 amide bonds. The number of hydrogen-bond donors (Lipinski definition) is 3. The largest absolute Gasteiger partial charge is 0.480 e. The molecule has 0 atom stereocenters. The van der Waals surface area contributed by atoms with Crippen LogP contribution in [0.3, 0.4) is 0 Å². The highest BCUT2D eigenvalue weighted by molar-refractivity contribution is 5.84. The van der Waals surface area contributed by atoms with Gasteiger partial charge in [0.2, 0.25) is 0 Å². The molecule has 9 nitrogen and oxygen atoms in total. The first kappa shape index (κ1) is 17.2. The Bertz CT molecular complexity index is 364. The Morgan fingerprint density at radius 3 is 2.05 bits per heavy atom. The lowest BCUT2D eigenvalue weighted by Gasteiger charge is -2.34. The number of aliphatic hydroxyl groups is 1. The van der Waals surface area contributed by atoms with E-state index in [0.29, 0.717) is 25.9 Å². The van der Waals surface area contributed by atoms with Gasteiger partial charge in [-0.15, -0.1) is 0 Å². The maximum absolute atomic E-state index is 12.1. The van der Waals surface area contributed by atoms with Crippen LogP contribution in [-0.4, -0.2) is 88.6 Å². The van der Waals surface area contributed by atoms with E-state index in [9.17, 15) is 14.4 Å². The first-order valence-corrected chi connectivity index (χ1v) is 6.64. The van der Waals surface area contributed by atoms with Gasteiger partial charge in [0.1, 0.15) is 13.1 Å². The van der Waals surface area contributed by atoms with Crippen molar-refractivity contribution in [2.75, 3.05) is 39.4 Å². The van der Waals surface area contributed by atoms with E-state index >= 15 is 0 Å². The quantitative estimate of drug-likeness (QED) is 0.553. The number of rotatable bonds is 7. The normalized spacial score (nSPS) is 15.8. The smallest absolute Gasteiger partial charge is 0.323 e. The average molecular weight is 304 g/mol. The predicted molar refractivity (Wildman–Crippen MR) is 69.9 cm³/mol. The number of urea groups is 1. The summed E-state index contributed by atoms with van der Waals surface area (Å²) in [6.07, 6.45) is 1.09. The molecule has 9 heteroatoms. The zero-order chi connectivity index (χ0) is 15.8. The van der Waals surface area contributed by atoms with E-state index in [0.717, 1.165) is 4.90 Å². The van der Waals surface area contributed by atoms with E-state index in [1.54, 1.807) is 0 Å². The van der Waals surface area contributed by atoms with Crippen molar-refractivity contribution in [2.45, 2.75) is 18.9 Å². The second-order valence-corrected chi connectivity index (χ2v) is 4.71. The molecule has 1 aliphatic heterocycles. The van der Waals surface area contributed by atoms with Crippen LogP contribution in [0.1, 0.15) is 12.8 Å². The topological polar surface area (TPSA) is 128 Å². The Hall–Kier alpha value is -1.87. The number of aliphatic hydroxyl groups excluding tert-OH is 1. The summed E-state index contributed by atoms with van der Waals surface area (Å²) >= 11 is 0. The number of carboxylic acid groups (broad SMARTS) is 2. The van der Waals surface area contributed by atoms with Gasteiger partial charge in [-0.3, -0.25) is 9.59 Å². The van der Waals surface area contributed by atoms with E-state index < -0.39 is 31.1 Å². The molecule has 0 unspecified atom stereocenters. The van der Waals surface area contributed by atoms with Crippen molar-refractivity contribution in [3.63, 3.8) is 0 Å².